The Morgan fingerprint density at radius 1 is 0.692 bits per heavy atom. The summed E-state index contributed by atoms with van der Waals surface area (Å²) in [7, 11) is 0. The minimum atomic E-state index is 0.0517. The molecule has 0 bridgehead atoms. The lowest BCUT2D eigenvalue weighted by Crippen LogP contribution is -2.10. The largest absolute Gasteiger partial charge is 0.456 e. The molecule has 0 radical (unpaired) electrons. The van der Waals surface area contributed by atoms with Gasteiger partial charge in [0, 0.05) is 33.8 Å². The molecule has 0 aliphatic heterocycles. The number of rotatable bonds is 2. The Labute approximate surface area is 224 Å². The van der Waals surface area contributed by atoms with Crippen LogP contribution in [0.5, 0.6) is 0 Å². The number of furan rings is 2. The van der Waals surface area contributed by atoms with Crippen LogP contribution < -0.4 is 0 Å². The monoisotopic (exact) mass is 507 g/mol. The zero-order chi connectivity index (χ0) is 26.3. The highest BCUT2D eigenvalue weighted by Crippen LogP contribution is 2.39. The van der Waals surface area contributed by atoms with Gasteiger partial charge in [-0.3, -0.25) is 4.57 Å². The second-order valence-electron chi connectivity index (χ2n) is 11.1. The van der Waals surface area contributed by atoms with Crippen molar-refractivity contribution in [1.82, 2.24) is 14.5 Å². The van der Waals surface area contributed by atoms with E-state index < -0.39 is 0 Å². The molecule has 0 atom stereocenters. The van der Waals surface area contributed by atoms with Crippen molar-refractivity contribution in [2.24, 2.45) is 0 Å². The van der Waals surface area contributed by atoms with Crippen molar-refractivity contribution in [2.45, 2.75) is 26.2 Å². The third kappa shape index (κ3) is 3.26. The summed E-state index contributed by atoms with van der Waals surface area (Å²) in [5.41, 5.74) is 8.30. The fourth-order valence-corrected chi connectivity index (χ4v) is 5.65. The molecule has 5 nitrogen and oxygen atoms in total. The fourth-order valence-electron chi connectivity index (χ4n) is 5.65. The number of benzene rings is 4. The standard InChI is InChI=1S/C34H25N3O2/c1-34(2,3)20-13-15-22-23-16-14-21(19-30(23)38-29(22)18-20)37-28-12-5-4-11-27(28)36-32(37)26-9-6-8-24-25-10-7-17-35-33(25)39-31(24)26/h4-19H,1-3H3. The third-order valence-corrected chi connectivity index (χ3v) is 7.66. The average molecular weight is 508 g/mol. The summed E-state index contributed by atoms with van der Waals surface area (Å²) < 4.78 is 14.9. The van der Waals surface area contributed by atoms with Gasteiger partial charge in [0.05, 0.1) is 22.3 Å². The minimum Gasteiger partial charge on any atom is -0.456 e. The van der Waals surface area contributed by atoms with Gasteiger partial charge in [-0.15, -0.1) is 0 Å². The third-order valence-electron chi connectivity index (χ3n) is 7.66. The zero-order valence-corrected chi connectivity index (χ0v) is 21.9. The number of hydrogen-bond acceptors (Lipinski definition) is 4. The highest BCUT2D eigenvalue weighted by atomic mass is 16.3. The first kappa shape index (κ1) is 22.1. The van der Waals surface area contributed by atoms with Crippen LogP contribution in [0.3, 0.4) is 0 Å². The van der Waals surface area contributed by atoms with Crippen molar-refractivity contribution in [3.63, 3.8) is 0 Å². The molecule has 39 heavy (non-hydrogen) atoms. The molecule has 4 aromatic carbocycles. The topological polar surface area (TPSA) is 57.0 Å². The summed E-state index contributed by atoms with van der Waals surface area (Å²) in [6, 6.07) is 31.3. The molecular formula is C34H25N3O2. The molecule has 0 aliphatic carbocycles. The maximum Gasteiger partial charge on any atom is 0.227 e. The lowest BCUT2D eigenvalue weighted by Gasteiger charge is -2.18. The van der Waals surface area contributed by atoms with Crippen LogP contribution in [0.15, 0.2) is 106 Å². The number of fused-ring (bicyclic) bond motifs is 7. The van der Waals surface area contributed by atoms with Gasteiger partial charge in [0.2, 0.25) is 5.71 Å². The lowest BCUT2D eigenvalue weighted by molar-refractivity contribution is 0.587. The van der Waals surface area contributed by atoms with Gasteiger partial charge in [-0.1, -0.05) is 57.2 Å². The number of aromatic nitrogens is 3. The summed E-state index contributed by atoms with van der Waals surface area (Å²) in [4.78, 5) is 9.54. The van der Waals surface area contributed by atoms with Crippen LogP contribution in [-0.2, 0) is 5.41 Å². The fraction of sp³-hybridized carbons (Fsp3) is 0.118. The predicted molar refractivity (Wildman–Crippen MR) is 158 cm³/mol. The molecule has 0 amide bonds. The van der Waals surface area contributed by atoms with Crippen molar-refractivity contribution in [3.8, 4) is 17.1 Å². The summed E-state index contributed by atoms with van der Waals surface area (Å²) >= 11 is 0. The summed E-state index contributed by atoms with van der Waals surface area (Å²) in [5, 5.41) is 4.25. The Balaban J connectivity index is 1.39. The Hall–Kier alpha value is -4.90. The van der Waals surface area contributed by atoms with Crippen molar-refractivity contribution in [1.29, 1.82) is 0 Å². The van der Waals surface area contributed by atoms with Crippen LogP contribution >= 0.6 is 0 Å². The van der Waals surface area contributed by atoms with Gasteiger partial charge in [0.25, 0.3) is 0 Å². The van der Waals surface area contributed by atoms with Crippen LogP contribution in [0.25, 0.3) is 72.1 Å². The molecule has 4 aromatic heterocycles. The van der Waals surface area contributed by atoms with E-state index >= 15 is 0 Å². The predicted octanol–water partition coefficient (Wildman–Crippen LogP) is 9.18. The van der Waals surface area contributed by atoms with E-state index in [2.05, 4.69) is 91.0 Å². The Morgan fingerprint density at radius 2 is 1.49 bits per heavy atom. The van der Waals surface area contributed by atoms with Gasteiger partial charge in [0.1, 0.15) is 22.6 Å². The van der Waals surface area contributed by atoms with Crippen LogP contribution in [0, 0.1) is 0 Å². The smallest absolute Gasteiger partial charge is 0.227 e. The summed E-state index contributed by atoms with van der Waals surface area (Å²) in [6.45, 7) is 6.66. The van der Waals surface area contributed by atoms with E-state index in [0.717, 1.165) is 66.4 Å². The molecule has 0 spiro atoms. The molecule has 0 unspecified atom stereocenters. The van der Waals surface area contributed by atoms with Crippen molar-refractivity contribution in [3.05, 3.63) is 103 Å². The minimum absolute atomic E-state index is 0.0517. The van der Waals surface area contributed by atoms with E-state index in [9.17, 15) is 0 Å². The van der Waals surface area contributed by atoms with Gasteiger partial charge < -0.3 is 8.83 Å². The second-order valence-corrected chi connectivity index (χ2v) is 11.1. The molecule has 0 saturated carbocycles. The molecule has 0 N–H and O–H groups in total. The van der Waals surface area contributed by atoms with Crippen LogP contribution in [0.2, 0.25) is 0 Å². The summed E-state index contributed by atoms with van der Waals surface area (Å²) in [5.74, 6) is 0.811. The summed E-state index contributed by atoms with van der Waals surface area (Å²) in [6.07, 6.45) is 1.76. The van der Waals surface area contributed by atoms with Crippen molar-refractivity contribution >= 4 is 55.0 Å². The molecule has 188 valence electrons. The zero-order valence-electron chi connectivity index (χ0n) is 21.9. The average Bonchev–Trinajstić information content (AvgIpc) is 3.62. The highest BCUT2D eigenvalue weighted by Gasteiger charge is 2.21. The molecule has 4 heterocycles. The Kier molecular flexibility index (Phi) is 4.43. The SMILES string of the molecule is CC(C)(C)c1ccc2c(c1)oc1cc(-n3c(-c4cccc5c4oc4ncccc45)nc4ccccc43)ccc12. The van der Waals surface area contributed by atoms with E-state index in [1.807, 2.05) is 30.3 Å². The second kappa shape index (κ2) is 7.81. The maximum absolute atomic E-state index is 6.43. The van der Waals surface area contributed by atoms with Crippen LogP contribution in [0.1, 0.15) is 26.3 Å². The molecule has 0 aliphatic rings. The normalized spacial score (nSPS) is 12.5. The first-order valence-corrected chi connectivity index (χ1v) is 13.2. The van der Waals surface area contributed by atoms with E-state index in [4.69, 9.17) is 13.8 Å². The first-order valence-electron chi connectivity index (χ1n) is 13.2. The number of hydrogen-bond donors (Lipinski definition) is 0. The molecular weight excluding hydrogens is 482 g/mol. The van der Waals surface area contributed by atoms with E-state index in [0.29, 0.717) is 5.71 Å². The molecule has 8 rings (SSSR count). The lowest BCUT2D eigenvalue weighted by atomic mass is 9.87. The van der Waals surface area contributed by atoms with Gasteiger partial charge in [-0.05, 0) is 59.5 Å². The number of para-hydroxylation sites is 3. The van der Waals surface area contributed by atoms with E-state index in [1.165, 1.54) is 5.56 Å². The Morgan fingerprint density at radius 3 is 2.36 bits per heavy atom. The highest BCUT2D eigenvalue weighted by molar-refractivity contribution is 6.09. The molecule has 0 fully saturated rings. The Bertz CT molecular complexity index is 2220. The molecule has 5 heteroatoms. The van der Waals surface area contributed by atoms with Gasteiger partial charge in [-0.25, -0.2) is 9.97 Å². The van der Waals surface area contributed by atoms with Gasteiger partial charge in [0.15, 0.2) is 0 Å². The number of pyridine rings is 1. The number of imidazole rings is 1. The molecule has 8 aromatic rings. The van der Waals surface area contributed by atoms with Crippen molar-refractivity contribution in [2.75, 3.05) is 0 Å². The quantitative estimate of drug-likeness (QED) is 0.234. The van der Waals surface area contributed by atoms with Gasteiger partial charge >= 0.3 is 0 Å². The number of nitrogens with zero attached hydrogens (tertiary/aromatic N) is 3. The van der Waals surface area contributed by atoms with Crippen LogP contribution in [0.4, 0.5) is 0 Å². The molecule has 0 saturated heterocycles. The van der Waals surface area contributed by atoms with E-state index in [1.54, 1.807) is 6.20 Å². The van der Waals surface area contributed by atoms with E-state index in [-0.39, 0.29) is 5.41 Å². The van der Waals surface area contributed by atoms with Gasteiger partial charge in [-0.2, -0.15) is 0 Å². The first-order chi connectivity index (χ1) is 19.0. The maximum atomic E-state index is 6.43. The van der Waals surface area contributed by atoms with Crippen LogP contribution in [-0.4, -0.2) is 14.5 Å². The van der Waals surface area contributed by atoms with Crippen molar-refractivity contribution < 1.29 is 8.83 Å².